The van der Waals surface area contributed by atoms with Crippen LogP contribution in [0.5, 0.6) is 28.7 Å². The minimum atomic E-state index is -0.835. The van der Waals surface area contributed by atoms with Gasteiger partial charge in [-0.3, -0.25) is 20.4 Å². The van der Waals surface area contributed by atoms with Crippen LogP contribution in [0.4, 0.5) is 0 Å². The number of rotatable bonds is 7. The van der Waals surface area contributed by atoms with Crippen LogP contribution < -0.4 is 34.5 Å². The van der Waals surface area contributed by atoms with E-state index in [1.54, 1.807) is 31.2 Å². The molecule has 0 saturated carbocycles. The van der Waals surface area contributed by atoms with Crippen molar-refractivity contribution >= 4 is 11.8 Å². The van der Waals surface area contributed by atoms with Crippen molar-refractivity contribution in [1.29, 1.82) is 0 Å². The van der Waals surface area contributed by atoms with Gasteiger partial charge >= 0.3 is 0 Å². The summed E-state index contributed by atoms with van der Waals surface area (Å²) < 4.78 is 27.2. The molecule has 0 fully saturated rings. The van der Waals surface area contributed by atoms with Crippen LogP contribution in [0, 0.1) is 0 Å². The van der Waals surface area contributed by atoms with Gasteiger partial charge in [-0.15, -0.1) is 0 Å². The Morgan fingerprint density at radius 2 is 1.77 bits per heavy atom. The first-order chi connectivity index (χ1) is 14.5. The zero-order valence-electron chi connectivity index (χ0n) is 17.0. The molecule has 9 heteroatoms. The number of nitrogens with one attached hydrogen (secondary N) is 2. The van der Waals surface area contributed by atoms with Gasteiger partial charge in [0.1, 0.15) is 24.7 Å². The molecule has 0 aliphatic carbocycles. The highest BCUT2D eigenvalue weighted by molar-refractivity contribution is 5.97. The van der Waals surface area contributed by atoms with Gasteiger partial charge < -0.3 is 23.7 Å². The molecule has 0 spiro atoms. The molecule has 2 amide bonds. The van der Waals surface area contributed by atoms with Crippen molar-refractivity contribution < 1.29 is 33.3 Å². The number of hydrogen-bond acceptors (Lipinski definition) is 7. The molecule has 1 heterocycles. The molecule has 2 aromatic rings. The van der Waals surface area contributed by atoms with Crippen LogP contribution in [0.25, 0.3) is 0 Å². The molecule has 1 aliphatic heterocycles. The largest absolute Gasteiger partial charge is 0.494 e. The second-order valence-electron chi connectivity index (χ2n) is 6.31. The lowest BCUT2D eigenvalue weighted by Crippen LogP contribution is -2.47. The maximum atomic E-state index is 12.5. The lowest BCUT2D eigenvalue weighted by Gasteiger charge is -2.21. The summed E-state index contributed by atoms with van der Waals surface area (Å²) >= 11 is 0. The van der Waals surface area contributed by atoms with Crippen molar-refractivity contribution in [2.24, 2.45) is 0 Å². The lowest BCUT2D eigenvalue weighted by atomic mass is 10.1. The van der Waals surface area contributed by atoms with E-state index in [-0.39, 0.29) is 5.56 Å². The molecule has 1 atom stereocenters. The number of fused-ring (bicyclic) bond motifs is 1. The average molecular weight is 416 g/mol. The van der Waals surface area contributed by atoms with Crippen LogP contribution in [-0.4, -0.2) is 44.8 Å². The summed E-state index contributed by atoms with van der Waals surface area (Å²) in [6.45, 7) is 4.81. The second-order valence-corrected chi connectivity index (χ2v) is 6.31. The average Bonchev–Trinajstić information content (AvgIpc) is 2.77. The number of hydrogen-bond donors (Lipinski definition) is 2. The molecule has 0 radical (unpaired) electrons. The predicted molar refractivity (Wildman–Crippen MR) is 107 cm³/mol. The van der Waals surface area contributed by atoms with E-state index in [9.17, 15) is 9.59 Å². The van der Waals surface area contributed by atoms with E-state index < -0.39 is 17.9 Å². The van der Waals surface area contributed by atoms with E-state index in [1.165, 1.54) is 19.2 Å². The van der Waals surface area contributed by atoms with Crippen molar-refractivity contribution in [1.82, 2.24) is 10.9 Å². The summed E-state index contributed by atoms with van der Waals surface area (Å²) in [4.78, 5) is 24.7. The highest BCUT2D eigenvalue weighted by Gasteiger charge is 2.22. The molecule has 0 bridgehead atoms. The molecule has 2 N–H and O–H groups in total. The minimum Gasteiger partial charge on any atom is -0.494 e. The zero-order chi connectivity index (χ0) is 21.5. The molecule has 9 nitrogen and oxygen atoms in total. The molecule has 30 heavy (non-hydrogen) atoms. The van der Waals surface area contributed by atoms with E-state index in [4.69, 9.17) is 23.7 Å². The Labute approximate surface area is 174 Å². The molecule has 0 unspecified atom stereocenters. The predicted octanol–water partition coefficient (Wildman–Crippen LogP) is 2.09. The Hall–Kier alpha value is -3.62. The third-order valence-electron chi connectivity index (χ3n) is 4.21. The number of carbonyl (C=O) groups excluding carboxylic acids is 2. The van der Waals surface area contributed by atoms with E-state index in [0.29, 0.717) is 48.6 Å². The molecular formula is C21H24N2O7. The van der Waals surface area contributed by atoms with E-state index >= 15 is 0 Å². The lowest BCUT2D eigenvalue weighted by molar-refractivity contribution is -0.128. The third kappa shape index (κ3) is 5.05. The normalized spacial score (nSPS) is 13.0. The highest BCUT2D eigenvalue weighted by atomic mass is 16.6. The summed E-state index contributed by atoms with van der Waals surface area (Å²) in [6, 6.07) is 9.94. The van der Waals surface area contributed by atoms with Gasteiger partial charge in [0.2, 0.25) is 5.75 Å². The fraction of sp³-hybridized carbons (Fsp3) is 0.333. The van der Waals surface area contributed by atoms with Crippen LogP contribution in [-0.2, 0) is 4.79 Å². The fourth-order valence-corrected chi connectivity index (χ4v) is 2.74. The van der Waals surface area contributed by atoms with Crippen LogP contribution in [0.3, 0.4) is 0 Å². The Kier molecular flexibility index (Phi) is 6.84. The number of hydrazine groups is 1. The molecule has 0 saturated heterocycles. The standard InChI is InChI=1S/C21H24N2O7/c1-4-27-15-5-7-16(8-6-15)30-13(2)20(24)22-23-21(25)14-11-17(26-3)19-18(12-14)28-9-10-29-19/h5-8,11-13H,4,9-10H2,1-3H3,(H,22,24)(H,23,25)/t13-/m1/s1. The number of ether oxygens (including phenoxy) is 5. The number of benzene rings is 2. The van der Waals surface area contributed by atoms with Gasteiger partial charge in [-0.25, -0.2) is 0 Å². The van der Waals surface area contributed by atoms with Gasteiger partial charge in [0.15, 0.2) is 17.6 Å². The first-order valence-electron chi connectivity index (χ1n) is 9.49. The zero-order valence-corrected chi connectivity index (χ0v) is 17.0. The molecule has 160 valence electrons. The van der Waals surface area contributed by atoms with Gasteiger partial charge in [-0.05, 0) is 50.2 Å². The quantitative estimate of drug-likeness (QED) is 0.666. The first kappa shape index (κ1) is 21.1. The van der Waals surface area contributed by atoms with Crippen LogP contribution in [0.1, 0.15) is 24.2 Å². The molecular weight excluding hydrogens is 392 g/mol. The van der Waals surface area contributed by atoms with Crippen molar-refractivity contribution in [3.63, 3.8) is 0 Å². The maximum absolute atomic E-state index is 12.5. The number of amides is 2. The van der Waals surface area contributed by atoms with Crippen LogP contribution in [0.15, 0.2) is 36.4 Å². The molecule has 1 aliphatic rings. The smallest absolute Gasteiger partial charge is 0.279 e. The molecule has 3 rings (SSSR count). The summed E-state index contributed by atoms with van der Waals surface area (Å²) in [6.07, 6.45) is -0.835. The minimum absolute atomic E-state index is 0.247. The number of methoxy groups -OCH3 is 1. The highest BCUT2D eigenvalue weighted by Crippen LogP contribution is 2.40. The van der Waals surface area contributed by atoms with Gasteiger partial charge in [0.25, 0.3) is 11.8 Å². The fourth-order valence-electron chi connectivity index (χ4n) is 2.74. The second kappa shape index (κ2) is 9.73. The van der Waals surface area contributed by atoms with E-state index in [1.807, 2.05) is 6.92 Å². The van der Waals surface area contributed by atoms with Crippen molar-refractivity contribution in [2.45, 2.75) is 20.0 Å². The van der Waals surface area contributed by atoms with E-state index in [0.717, 1.165) is 0 Å². The molecule has 2 aromatic carbocycles. The van der Waals surface area contributed by atoms with Crippen molar-refractivity contribution in [3.8, 4) is 28.7 Å². The molecule has 0 aromatic heterocycles. The summed E-state index contributed by atoms with van der Waals surface area (Å²) in [7, 11) is 1.47. The van der Waals surface area contributed by atoms with Gasteiger partial charge in [-0.2, -0.15) is 0 Å². The SMILES string of the molecule is CCOc1ccc(O[C@H](C)C(=O)NNC(=O)c2cc(OC)c3c(c2)OCCO3)cc1. The summed E-state index contributed by atoms with van der Waals surface area (Å²) in [5.41, 5.74) is 4.95. The number of carbonyl (C=O) groups is 2. The third-order valence-corrected chi connectivity index (χ3v) is 4.21. The van der Waals surface area contributed by atoms with Gasteiger partial charge in [0, 0.05) is 5.56 Å². The van der Waals surface area contributed by atoms with Gasteiger partial charge in [0.05, 0.1) is 13.7 Å². The first-order valence-corrected chi connectivity index (χ1v) is 9.49. The Morgan fingerprint density at radius 3 is 2.47 bits per heavy atom. The topological polar surface area (TPSA) is 104 Å². The van der Waals surface area contributed by atoms with Crippen molar-refractivity contribution in [2.75, 3.05) is 26.9 Å². The Bertz CT molecular complexity index is 882. The van der Waals surface area contributed by atoms with Gasteiger partial charge in [-0.1, -0.05) is 0 Å². The maximum Gasteiger partial charge on any atom is 0.279 e. The Balaban J connectivity index is 1.56. The van der Waals surface area contributed by atoms with Crippen LogP contribution in [0.2, 0.25) is 0 Å². The Morgan fingerprint density at radius 1 is 1.07 bits per heavy atom. The summed E-state index contributed by atoms with van der Waals surface area (Å²) in [5.74, 6) is 1.39. The monoisotopic (exact) mass is 416 g/mol. The van der Waals surface area contributed by atoms with Crippen molar-refractivity contribution in [3.05, 3.63) is 42.0 Å². The van der Waals surface area contributed by atoms with E-state index in [2.05, 4.69) is 10.9 Å². The van der Waals surface area contributed by atoms with Crippen LogP contribution >= 0.6 is 0 Å². The summed E-state index contributed by atoms with van der Waals surface area (Å²) in [5, 5.41) is 0.